The number of amides is 2. The van der Waals surface area contributed by atoms with Crippen molar-refractivity contribution in [3.05, 3.63) is 0 Å². The molecule has 0 radical (unpaired) electrons. The van der Waals surface area contributed by atoms with Crippen LogP contribution in [-0.2, 0) is 9.53 Å². The molecule has 2 fully saturated rings. The number of ether oxygens (including phenoxy) is 1. The molecule has 6 heteroatoms. The van der Waals surface area contributed by atoms with Crippen LogP contribution in [0.25, 0.3) is 0 Å². The van der Waals surface area contributed by atoms with Crippen LogP contribution >= 0.6 is 0 Å². The molecule has 1 saturated heterocycles. The van der Waals surface area contributed by atoms with Gasteiger partial charge in [0.05, 0.1) is 6.61 Å². The van der Waals surface area contributed by atoms with E-state index in [1.165, 1.54) is 12.8 Å². The second kappa shape index (κ2) is 6.43. The van der Waals surface area contributed by atoms with E-state index >= 15 is 0 Å². The Labute approximate surface area is 119 Å². The minimum atomic E-state index is -1.26. The van der Waals surface area contributed by atoms with E-state index in [9.17, 15) is 14.7 Å². The van der Waals surface area contributed by atoms with E-state index < -0.39 is 17.5 Å². The van der Waals surface area contributed by atoms with Gasteiger partial charge in [-0.3, -0.25) is 0 Å². The number of rotatable bonds is 4. The van der Waals surface area contributed by atoms with E-state index in [-0.39, 0.29) is 6.61 Å². The van der Waals surface area contributed by atoms with Gasteiger partial charge in [-0.2, -0.15) is 0 Å². The van der Waals surface area contributed by atoms with Crippen molar-refractivity contribution in [1.82, 2.24) is 10.6 Å². The third-order valence-electron chi connectivity index (χ3n) is 4.47. The zero-order chi connectivity index (χ0) is 14.6. The average Bonchev–Trinajstić information content (AvgIpc) is 2.88. The summed E-state index contributed by atoms with van der Waals surface area (Å²) in [6.07, 6.45) is 5.00. The lowest BCUT2D eigenvalue weighted by Gasteiger charge is -2.28. The van der Waals surface area contributed by atoms with Crippen molar-refractivity contribution in [2.45, 2.75) is 44.6 Å². The summed E-state index contributed by atoms with van der Waals surface area (Å²) in [6.45, 7) is 3.28. The lowest BCUT2D eigenvalue weighted by atomic mass is 9.83. The Balaban J connectivity index is 1.76. The fourth-order valence-electron chi connectivity index (χ4n) is 2.92. The van der Waals surface area contributed by atoms with Crippen LogP contribution in [0.5, 0.6) is 0 Å². The predicted octanol–water partition coefficient (Wildman–Crippen LogP) is 1.36. The Morgan fingerprint density at radius 3 is 2.55 bits per heavy atom. The summed E-state index contributed by atoms with van der Waals surface area (Å²) in [5, 5.41) is 14.6. The Morgan fingerprint density at radius 2 is 2.00 bits per heavy atom. The molecule has 0 aromatic heterocycles. The number of carbonyl (C=O) groups is 2. The first-order valence-electron chi connectivity index (χ1n) is 7.39. The van der Waals surface area contributed by atoms with Crippen molar-refractivity contribution in [3.63, 3.8) is 0 Å². The summed E-state index contributed by atoms with van der Waals surface area (Å²) >= 11 is 0. The van der Waals surface area contributed by atoms with Gasteiger partial charge in [-0.25, -0.2) is 9.59 Å². The first-order valence-corrected chi connectivity index (χ1v) is 7.39. The van der Waals surface area contributed by atoms with Crippen molar-refractivity contribution in [2.24, 2.45) is 11.8 Å². The molecule has 1 saturated carbocycles. The van der Waals surface area contributed by atoms with Gasteiger partial charge in [-0.05, 0) is 24.7 Å². The SMILES string of the molecule is CC1CCC(CNC(=O)NC2(C(=O)O)CCOC2)CC1. The maximum Gasteiger partial charge on any atom is 0.332 e. The van der Waals surface area contributed by atoms with E-state index in [4.69, 9.17) is 4.74 Å². The topological polar surface area (TPSA) is 87.7 Å². The molecular weight excluding hydrogens is 260 g/mol. The minimum Gasteiger partial charge on any atom is -0.479 e. The van der Waals surface area contributed by atoms with Crippen molar-refractivity contribution in [2.75, 3.05) is 19.8 Å². The number of hydrogen-bond donors (Lipinski definition) is 3. The largest absolute Gasteiger partial charge is 0.479 e. The smallest absolute Gasteiger partial charge is 0.332 e. The van der Waals surface area contributed by atoms with Gasteiger partial charge in [0.15, 0.2) is 5.54 Å². The van der Waals surface area contributed by atoms with Crippen molar-refractivity contribution in [3.8, 4) is 0 Å². The predicted molar refractivity (Wildman–Crippen MR) is 73.5 cm³/mol. The number of hydrogen-bond acceptors (Lipinski definition) is 3. The summed E-state index contributed by atoms with van der Waals surface area (Å²) in [5.74, 6) is 0.264. The number of aliphatic carboxylic acids is 1. The Hall–Kier alpha value is -1.30. The number of carboxylic acid groups (broad SMARTS) is 1. The van der Waals surface area contributed by atoms with Gasteiger partial charge in [0, 0.05) is 19.6 Å². The molecule has 3 N–H and O–H groups in total. The van der Waals surface area contributed by atoms with E-state index in [2.05, 4.69) is 17.6 Å². The minimum absolute atomic E-state index is 0.0384. The van der Waals surface area contributed by atoms with Gasteiger partial charge >= 0.3 is 12.0 Å². The molecular formula is C14H24N2O4. The fraction of sp³-hybridized carbons (Fsp3) is 0.857. The van der Waals surface area contributed by atoms with Crippen molar-refractivity contribution in [1.29, 1.82) is 0 Å². The molecule has 2 aliphatic rings. The van der Waals surface area contributed by atoms with Crippen LogP contribution in [0.4, 0.5) is 4.79 Å². The number of carboxylic acids is 1. The van der Waals surface area contributed by atoms with E-state index in [1.54, 1.807) is 0 Å². The van der Waals surface area contributed by atoms with Crippen LogP contribution in [0.15, 0.2) is 0 Å². The van der Waals surface area contributed by atoms with Crippen LogP contribution < -0.4 is 10.6 Å². The molecule has 1 aliphatic carbocycles. The molecule has 0 aromatic rings. The molecule has 1 unspecified atom stereocenters. The molecule has 1 heterocycles. The van der Waals surface area contributed by atoms with Crippen LogP contribution in [0, 0.1) is 11.8 Å². The van der Waals surface area contributed by atoms with E-state index in [0.29, 0.717) is 25.5 Å². The lowest BCUT2D eigenvalue weighted by Crippen LogP contribution is -2.58. The second-order valence-corrected chi connectivity index (χ2v) is 6.15. The Morgan fingerprint density at radius 1 is 1.30 bits per heavy atom. The van der Waals surface area contributed by atoms with Gasteiger partial charge in [0.2, 0.25) is 0 Å². The maximum absolute atomic E-state index is 11.9. The summed E-state index contributed by atoms with van der Waals surface area (Å²) in [5.41, 5.74) is -1.26. The van der Waals surface area contributed by atoms with Gasteiger partial charge in [0.25, 0.3) is 0 Å². The highest BCUT2D eigenvalue weighted by atomic mass is 16.5. The first-order chi connectivity index (χ1) is 9.52. The van der Waals surface area contributed by atoms with Gasteiger partial charge in [-0.15, -0.1) is 0 Å². The highest BCUT2D eigenvalue weighted by Gasteiger charge is 2.44. The zero-order valence-corrected chi connectivity index (χ0v) is 12.0. The molecule has 2 rings (SSSR count). The molecule has 0 aromatic carbocycles. The molecule has 6 nitrogen and oxygen atoms in total. The molecule has 1 atom stereocenters. The molecule has 0 spiro atoms. The molecule has 2 amide bonds. The van der Waals surface area contributed by atoms with Crippen LogP contribution in [-0.4, -0.2) is 42.4 Å². The highest BCUT2D eigenvalue weighted by Crippen LogP contribution is 2.27. The summed E-state index contributed by atoms with van der Waals surface area (Å²) < 4.78 is 5.11. The van der Waals surface area contributed by atoms with E-state index in [0.717, 1.165) is 18.8 Å². The monoisotopic (exact) mass is 284 g/mol. The normalized spacial score (nSPS) is 33.6. The zero-order valence-electron chi connectivity index (χ0n) is 12.0. The molecule has 1 aliphatic heterocycles. The number of carbonyl (C=O) groups excluding carboxylic acids is 1. The summed E-state index contributed by atoms with van der Waals surface area (Å²) in [6, 6.07) is -0.406. The van der Waals surface area contributed by atoms with Crippen molar-refractivity contribution >= 4 is 12.0 Å². The number of urea groups is 1. The summed E-state index contributed by atoms with van der Waals surface area (Å²) in [7, 11) is 0. The highest BCUT2D eigenvalue weighted by molar-refractivity contribution is 5.86. The quantitative estimate of drug-likeness (QED) is 0.727. The van der Waals surface area contributed by atoms with Crippen LogP contribution in [0.3, 0.4) is 0 Å². The van der Waals surface area contributed by atoms with Gasteiger partial charge in [0.1, 0.15) is 0 Å². The molecule has 20 heavy (non-hydrogen) atoms. The molecule has 114 valence electrons. The third-order valence-corrected chi connectivity index (χ3v) is 4.47. The second-order valence-electron chi connectivity index (χ2n) is 6.15. The third kappa shape index (κ3) is 3.62. The van der Waals surface area contributed by atoms with Gasteiger partial charge < -0.3 is 20.5 Å². The van der Waals surface area contributed by atoms with Crippen LogP contribution in [0.2, 0.25) is 0 Å². The summed E-state index contributed by atoms with van der Waals surface area (Å²) in [4.78, 5) is 23.2. The van der Waals surface area contributed by atoms with Gasteiger partial charge in [-0.1, -0.05) is 19.8 Å². The Bertz CT molecular complexity index is 358. The fourth-order valence-corrected chi connectivity index (χ4v) is 2.92. The number of nitrogens with one attached hydrogen (secondary N) is 2. The standard InChI is InChI=1S/C14H24N2O4/c1-10-2-4-11(5-3-10)8-15-13(19)16-14(12(17)18)6-7-20-9-14/h10-11H,2-9H2,1H3,(H,17,18)(H2,15,16,19). The first kappa shape index (κ1) is 15.1. The van der Waals surface area contributed by atoms with Crippen LogP contribution in [0.1, 0.15) is 39.0 Å². The van der Waals surface area contributed by atoms with E-state index in [1.807, 2.05) is 0 Å². The molecule has 0 bridgehead atoms. The van der Waals surface area contributed by atoms with Crippen molar-refractivity contribution < 1.29 is 19.4 Å². The Kier molecular flexibility index (Phi) is 4.86. The lowest BCUT2D eigenvalue weighted by molar-refractivity contribution is -0.144. The average molecular weight is 284 g/mol. The maximum atomic E-state index is 11.9.